The largest absolute Gasteiger partial charge is 0.476 e. The molecule has 3 aromatic rings. The molecule has 2 aromatic heterocycles. The number of carbonyl (C=O) groups is 1. The molecule has 7 heteroatoms. The van der Waals surface area contributed by atoms with Crippen LogP contribution in [0.3, 0.4) is 0 Å². The summed E-state index contributed by atoms with van der Waals surface area (Å²) in [6.45, 7) is 1.86. The first-order chi connectivity index (χ1) is 11.0. The third-order valence-corrected chi connectivity index (χ3v) is 3.86. The minimum atomic E-state index is -1.09. The second kappa shape index (κ2) is 6.10. The van der Waals surface area contributed by atoms with Crippen molar-refractivity contribution in [2.75, 3.05) is 0 Å². The number of carboxylic acids is 1. The molecule has 0 saturated carbocycles. The molecule has 0 unspecified atom stereocenters. The van der Waals surface area contributed by atoms with Crippen LogP contribution in [0.4, 0.5) is 0 Å². The highest BCUT2D eigenvalue weighted by atomic mass is 35.5. The van der Waals surface area contributed by atoms with Crippen molar-refractivity contribution in [3.63, 3.8) is 0 Å². The first kappa shape index (κ1) is 15.6. The fourth-order valence-corrected chi connectivity index (χ4v) is 2.69. The van der Waals surface area contributed by atoms with Gasteiger partial charge < -0.3 is 9.52 Å². The van der Waals surface area contributed by atoms with Gasteiger partial charge in [-0.15, -0.1) is 0 Å². The van der Waals surface area contributed by atoms with Crippen LogP contribution < -0.4 is 0 Å². The van der Waals surface area contributed by atoms with E-state index in [2.05, 4.69) is 5.10 Å². The second-order valence-electron chi connectivity index (χ2n) is 4.85. The molecule has 0 atom stereocenters. The van der Waals surface area contributed by atoms with Crippen LogP contribution >= 0.6 is 23.2 Å². The van der Waals surface area contributed by atoms with Gasteiger partial charge in [0.1, 0.15) is 12.0 Å². The average Bonchev–Trinajstić information content (AvgIpc) is 3.11. The number of halogens is 2. The smallest absolute Gasteiger partial charge is 0.356 e. The molecular formula is C16H12Cl2N2O3. The molecule has 0 fully saturated rings. The summed E-state index contributed by atoms with van der Waals surface area (Å²) in [7, 11) is 0. The summed E-state index contributed by atoms with van der Waals surface area (Å²) < 4.78 is 7.00. The Bertz CT molecular complexity index is 866. The zero-order valence-electron chi connectivity index (χ0n) is 12.1. The van der Waals surface area contributed by atoms with E-state index >= 15 is 0 Å². The van der Waals surface area contributed by atoms with Gasteiger partial charge in [0.2, 0.25) is 0 Å². The molecular weight excluding hydrogens is 339 g/mol. The lowest BCUT2D eigenvalue weighted by Crippen LogP contribution is -2.02. The van der Waals surface area contributed by atoms with Gasteiger partial charge in [-0.25, -0.2) is 9.48 Å². The van der Waals surface area contributed by atoms with Gasteiger partial charge >= 0.3 is 5.97 Å². The maximum absolute atomic E-state index is 11.5. The van der Waals surface area contributed by atoms with E-state index in [0.717, 1.165) is 0 Å². The number of hydrogen-bond donors (Lipinski definition) is 1. The van der Waals surface area contributed by atoms with Crippen LogP contribution in [0.5, 0.6) is 0 Å². The van der Waals surface area contributed by atoms with Gasteiger partial charge in [-0.05, 0) is 30.7 Å². The van der Waals surface area contributed by atoms with Crippen molar-refractivity contribution in [1.29, 1.82) is 0 Å². The normalized spacial score (nSPS) is 10.9. The predicted octanol–water partition coefficient (Wildman–Crippen LogP) is 4.70. The SMILES string of the molecule is CCc1c(C(=O)O)nn(-c2ccc(Cl)cc2)c1-c1cc(Cl)co1. The van der Waals surface area contributed by atoms with E-state index in [1.165, 1.54) is 10.9 Å². The molecule has 0 aliphatic rings. The van der Waals surface area contributed by atoms with Gasteiger partial charge in [0, 0.05) is 16.7 Å². The number of aromatic carboxylic acids is 1. The van der Waals surface area contributed by atoms with Gasteiger partial charge in [-0.1, -0.05) is 30.1 Å². The molecule has 0 aliphatic carbocycles. The van der Waals surface area contributed by atoms with Crippen LogP contribution in [-0.4, -0.2) is 20.9 Å². The van der Waals surface area contributed by atoms with Crippen molar-refractivity contribution in [3.05, 3.63) is 57.9 Å². The third kappa shape index (κ3) is 2.85. The molecule has 0 spiro atoms. The Balaban J connectivity index is 2.29. The lowest BCUT2D eigenvalue weighted by Gasteiger charge is -2.07. The van der Waals surface area contributed by atoms with E-state index in [1.54, 1.807) is 30.3 Å². The maximum Gasteiger partial charge on any atom is 0.356 e. The highest BCUT2D eigenvalue weighted by Gasteiger charge is 2.25. The molecule has 0 bridgehead atoms. The van der Waals surface area contributed by atoms with Crippen molar-refractivity contribution in [2.45, 2.75) is 13.3 Å². The monoisotopic (exact) mass is 350 g/mol. The first-order valence-corrected chi connectivity index (χ1v) is 7.62. The Labute approximate surface area is 142 Å². The van der Waals surface area contributed by atoms with E-state index in [4.69, 9.17) is 27.6 Å². The average molecular weight is 351 g/mol. The molecule has 1 aromatic carbocycles. The molecule has 118 valence electrons. The molecule has 5 nitrogen and oxygen atoms in total. The van der Waals surface area contributed by atoms with E-state index in [9.17, 15) is 9.90 Å². The number of benzene rings is 1. The molecule has 2 heterocycles. The predicted molar refractivity (Wildman–Crippen MR) is 87.6 cm³/mol. The van der Waals surface area contributed by atoms with E-state index in [0.29, 0.717) is 39.2 Å². The molecule has 0 radical (unpaired) electrons. The van der Waals surface area contributed by atoms with Crippen molar-refractivity contribution >= 4 is 29.2 Å². The maximum atomic E-state index is 11.5. The van der Waals surface area contributed by atoms with Crippen molar-refractivity contribution in [2.24, 2.45) is 0 Å². The first-order valence-electron chi connectivity index (χ1n) is 6.86. The Kier molecular flexibility index (Phi) is 4.15. The topological polar surface area (TPSA) is 68.3 Å². The second-order valence-corrected chi connectivity index (χ2v) is 5.72. The Morgan fingerprint density at radius 2 is 1.96 bits per heavy atom. The highest BCUT2D eigenvalue weighted by molar-refractivity contribution is 6.31. The molecule has 0 amide bonds. The van der Waals surface area contributed by atoms with Crippen LogP contribution in [0.1, 0.15) is 23.0 Å². The molecule has 0 saturated heterocycles. The summed E-state index contributed by atoms with van der Waals surface area (Å²) in [4.78, 5) is 11.5. The van der Waals surface area contributed by atoms with Crippen molar-refractivity contribution in [3.8, 4) is 17.1 Å². The lowest BCUT2D eigenvalue weighted by atomic mass is 10.1. The quantitative estimate of drug-likeness (QED) is 0.740. The number of carboxylic acid groups (broad SMARTS) is 1. The van der Waals surface area contributed by atoms with Gasteiger partial charge in [0.25, 0.3) is 0 Å². The van der Waals surface area contributed by atoms with Gasteiger partial charge in [0.15, 0.2) is 11.5 Å². The summed E-state index contributed by atoms with van der Waals surface area (Å²) in [6.07, 6.45) is 1.89. The Morgan fingerprint density at radius 3 is 2.48 bits per heavy atom. The lowest BCUT2D eigenvalue weighted by molar-refractivity contribution is 0.0689. The number of aromatic nitrogens is 2. The molecule has 0 aliphatic heterocycles. The van der Waals surface area contributed by atoms with Crippen molar-refractivity contribution in [1.82, 2.24) is 9.78 Å². The Hall–Kier alpha value is -2.24. The summed E-state index contributed by atoms with van der Waals surface area (Å²) in [5.41, 5.74) is 1.82. The molecule has 23 heavy (non-hydrogen) atoms. The van der Waals surface area contributed by atoms with Crippen LogP contribution in [0.15, 0.2) is 41.0 Å². The van der Waals surface area contributed by atoms with Crippen LogP contribution in [0.25, 0.3) is 17.1 Å². The van der Waals surface area contributed by atoms with Gasteiger partial charge in [-0.2, -0.15) is 5.10 Å². The van der Waals surface area contributed by atoms with Crippen LogP contribution in [-0.2, 0) is 6.42 Å². The fourth-order valence-electron chi connectivity index (χ4n) is 2.42. The third-order valence-electron chi connectivity index (χ3n) is 3.41. The molecule has 3 rings (SSSR count). The van der Waals surface area contributed by atoms with Gasteiger partial charge in [-0.3, -0.25) is 0 Å². The number of hydrogen-bond acceptors (Lipinski definition) is 3. The summed E-state index contributed by atoms with van der Waals surface area (Å²) in [5.74, 6) is -0.629. The highest BCUT2D eigenvalue weighted by Crippen LogP contribution is 2.32. The van der Waals surface area contributed by atoms with E-state index in [1.807, 2.05) is 6.92 Å². The summed E-state index contributed by atoms with van der Waals surface area (Å²) >= 11 is 11.9. The molecule has 1 N–H and O–H groups in total. The summed E-state index contributed by atoms with van der Waals surface area (Å²) in [6, 6.07) is 8.58. The minimum absolute atomic E-state index is 0.00928. The van der Waals surface area contributed by atoms with Gasteiger partial charge in [0.05, 0.1) is 10.7 Å². The zero-order valence-corrected chi connectivity index (χ0v) is 13.6. The van der Waals surface area contributed by atoms with E-state index < -0.39 is 5.97 Å². The van der Waals surface area contributed by atoms with Crippen LogP contribution in [0.2, 0.25) is 10.0 Å². The number of furan rings is 1. The zero-order chi connectivity index (χ0) is 16.6. The standard InChI is InChI=1S/C16H12Cl2N2O3/c1-2-12-14(16(21)22)19-20(11-5-3-9(17)4-6-11)15(12)13-7-10(18)8-23-13/h3-8H,2H2,1H3,(H,21,22). The number of nitrogens with zero attached hydrogens (tertiary/aromatic N) is 2. The minimum Gasteiger partial charge on any atom is -0.476 e. The van der Waals surface area contributed by atoms with Crippen LogP contribution in [0, 0.1) is 0 Å². The Morgan fingerprint density at radius 1 is 1.26 bits per heavy atom. The summed E-state index contributed by atoms with van der Waals surface area (Å²) in [5, 5.41) is 14.7. The number of rotatable bonds is 4. The van der Waals surface area contributed by atoms with Crippen molar-refractivity contribution < 1.29 is 14.3 Å². The fraction of sp³-hybridized carbons (Fsp3) is 0.125. The van der Waals surface area contributed by atoms with E-state index in [-0.39, 0.29) is 5.69 Å².